The number of aromatic nitrogens is 3. The molecule has 1 N–H and O–H groups in total. The SMILES string of the molecule is CCn1nc(CC(O)c2ccncc2F)c2ccccc21. The van der Waals surface area contributed by atoms with Gasteiger partial charge in [-0.1, -0.05) is 18.2 Å². The Bertz CT molecular complexity index is 769. The highest BCUT2D eigenvalue weighted by Crippen LogP contribution is 2.25. The van der Waals surface area contributed by atoms with Crippen LogP contribution in [0.1, 0.15) is 24.3 Å². The second-order valence-electron chi connectivity index (χ2n) is 4.90. The first-order chi connectivity index (χ1) is 10.2. The second kappa shape index (κ2) is 5.61. The molecule has 0 aliphatic carbocycles. The molecule has 1 aromatic carbocycles. The Morgan fingerprint density at radius 3 is 2.86 bits per heavy atom. The van der Waals surface area contributed by atoms with Crippen LogP contribution in [0, 0.1) is 5.82 Å². The van der Waals surface area contributed by atoms with E-state index in [1.807, 2.05) is 35.9 Å². The molecular weight excluding hydrogens is 269 g/mol. The van der Waals surface area contributed by atoms with Crippen LogP contribution < -0.4 is 0 Å². The smallest absolute Gasteiger partial charge is 0.147 e. The van der Waals surface area contributed by atoms with Crippen LogP contribution in [-0.4, -0.2) is 19.9 Å². The van der Waals surface area contributed by atoms with Crippen molar-refractivity contribution < 1.29 is 9.50 Å². The van der Waals surface area contributed by atoms with Gasteiger partial charge in [0.1, 0.15) is 5.82 Å². The van der Waals surface area contributed by atoms with Crippen LogP contribution in [0.25, 0.3) is 10.9 Å². The molecule has 3 aromatic rings. The van der Waals surface area contributed by atoms with E-state index in [9.17, 15) is 9.50 Å². The molecular formula is C16H16FN3O. The number of pyridine rings is 1. The lowest BCUT2D eigenvalue weighted by atomic mass is 10.0. The van der Waals surface area contributed by atoms with Crippen molar-refractivity contribution in [3.05, 3.63) is 59.8 Å². The minimum Gasteiger partial charge on any atom is -0.388 e. The maximum absolute atomic E-state index is 13.7. The van der Waals surface area contributed by atoms with Crippen LogP contribution in [0.15, 0.2) is 42.7 Å². The lowest BCUT2D eigenvalue weighted by molar-refractivity contribution is 0.172. The van der Waals surface area contributed by atoms with E-state index in [-0.39, 0.29) is 12.0 Å². The molecule has 1 unspecified atom stereocenters. The standard InChI is InChI=1S/C16H16FN3O/c1-2-20-15-6-4-3-5-12(15)14(19-20)9-16(21)11-7-8-18-10-13(11)17/h3-8,10,16,21H,2,9H2,1H3. The number of para-hydroxylation sites is 1. The third kappa shape index (κ3) is 2.52. The topological polar surface area (TPSA) is 50.9 Å². The highest BCUT2D eigenvalue weighted by atomic mass is 19.1. The summed E-state index contributed by atoms with van der Waals surface area (Å²) < 4.78 is 15.6. The average Bonchev–Trinajstić information content (AvgIpc) is 2.86. The number of hydrogen-bond acceptors (Lipinski definition) is 3. The Labute approximate surface area is 121 Å². The molecule has 0 fully saturated rings. The number of fused-ring (bicyclic) bond motifs is 1. The highest BCUT2D eigenvalue weighted by Gasteiger charge is 2.17. The fourth-order valence-electron chi connectivity index (χ4n) is 2.54. The van der Waals surface area contributed by atoms with E-state index in [4.69, 9.17) is 0 Å². The van der Waals surface area contributed by atoms with Gasteiger partial charge in [-0.3, -0.25) is 9.67 Å². The summed E-state index contributed by atoms with van der Waals surface area (Å²) in [7, 11) is 0. The molecule has 0 saturated heterocycles. The second-order valence-corrected chi connectivity index (χ2v) is 4.90. The molecule has 0 bridgehead atoms. The summed E-state index contributed by atoms with van der Waals surface area (Å²) in [6.45, 7) is 2.77. The van der Waals surface area contributed by atoms with E-state index in [0.717, 1.165) is 29.3 Å². The van der Waals surface area contributed by atoms with Crippen molar-refractivity contribution in [2.75, 3.05) is 0 Å². The molecule has 2 aromatic heterocycles. The summed E-state index contributed by atoms with van der Waals surface area (Å²) in [6.07, 6.45) is 1.93. The minimum absolute atomic E-state index is 0.250. The number of benzene rings is 1. The molecule has 1 atom stereocenters. The molecule has 0 aliphatic heterocycles. The fraction of sp³-hybridized carbons (Fsp3) is 0.250. The van der Waals surface area contributed by atoms with E-state index < -0.39 is 11.9 Å². The van der Waals surface area contributed by atoms with Crippen LogP contribution in [-0.2, 0) is 13.0 Å². The van der Waals surface area contributed by atoms with Gasteiger partial charge in [0, 0.05) is 30.1 Å². The van der Waals surface area contributed by atoms with Gasteiger partial charge in [-0.2, -0.15) is 5.10 Å². The Morgan fingerprint density at radius 2 is 2.10 bits per heavy atom. The maximum atomic E-state index is 13.7. The number of hydrogen-bond donors (Lipinski definition) is 1. The third-order valence-corrected chi connectivity index (χ3v) is 3.58. The maximum Gasteiger partial charge on any atom is 0.147 e. The van der Waals surface area contributed by atoms with Gasteiger partial charge in [-0.25, -0.2) is 4.39 Å². The summed E-state index contributed by atoms with van der Waals surface area (Å²) in [5, 5.41) is 15.8. The summed E-state index contributed by atoms with van der Waals surface area (Å²) >= 11 is 0. The van der Waals surface area contributed by atoms with Gasteiger partial charge in [0.05, 0.1) is 23.5 Å². The van der Waals surface area contributed by atoms with Crippen LogP contribution in [0.5, 0.6) is 0 Å². The Morgan fingerprint density at radius 1 is 1.29 bits per heavy atom. The molecule has 0 amide bonds. The van der Waals surface area contributed by atoms with Crippen LogP contribution in [0.4, 0.5) is 4.39 Å². The average molecular weight is 285 g/mol. The summed E-state index contributed by atoms with van der Waals surface area (Å²) in [5.41, 5.74) is 2.05. The Kier molecular flexibility index (Phi) is 3.66. The molecule has 0 aliphatic rings. The van der Waals surface area contributed by atoms with E-state index in [1.165, 1.54) is 12.3 Å². The molecule has 3 rings (SSSR count). The Hall–Kier alpha value is -2.27. The first-order valence-electron chi connectivity index (χ1n) is 6.92. The van der Waals surface area contributed by atoms with Crippen LogP contribution in [0.3, 0.4) is 0 Å². The van der Waals surface area contributed by atoms with E-state index in [1.54, 1.807) is 0 Å². The zero-order valence-electron chi connectivity index (χ0n) is 11.7. The summed E-state index contributed by atoms with van der Waals surface area (Å²) in [5.74, 6) is -0.496. The first-order valence-corrected chi connectivity index (χ1v) is 6.92. The van der Waals surface area contributed by atoms with Crippen molar-refractivity contribution in [3.63, 3.8) is 0 Å². The number of rotatable bonds is 4. The molecule has 0 radical (unpaired) electrons. The first kappa shape index (κ1) is 13.7. The number of aliphatic hydroxyl groups is 1. The summed E-state index contributed by atoms with van der Waals surface area (Å²) in [6, 6.07) is 9.36. The van der Waals surface area contributed by atoms with E-state index >= 15 is 0 Å². The van der Waals surface area contributed by atoms with Crippen molar-refractivity contribution in [1.29, 1.82) is 0 Å². The highest BCUT2D eigenvalue weighted by molar-refractivity contribution is 5.82. The fourth-order valence-corrected chi connectivity index (χ4v) is 2.54. The van der Waals surface area contributed by atoms with E-state index in [2.05, 4.69) is 10.1 Å². The number of nitrogens with zero attached hydrogens (tertiary/aromatic N) is 3. The number of aryl methyl sites for hydroxylation is 1. The Balaban J connectivity index is 1.97. The number of aliphatic hydroxyl groups excluding tert-OH is 1. The lowest BCUT2D eigenvalue weighted by Crippen LogP contribution is -2.06. The predicted molar refractivity (Wildman–Crippen MR) is 78.3 cm³/mol. The van der Waals surface area contributed by atoms with Gasteiger partial charge in [0.15, 0.2) is 0 Å². The number of halogens is 1. The van der Waals surface area contributed by atoms with Crippen molar-refractivity contribution in [2.45, 2.75) is 26.0 Å². The van der Waals surface area contributed by atoms with Gasteiger partial charge in [-0.15, -0.1) is 0 Å². The van der Waals surface area contributed by atoms with Crippen molar-refractivity contribution >= 4 is 10.9 Å². The molecule has 108 valence electrons. The van der Waals surface area contributed by atoms with Crippen LogP contribution >= 0.6 is 0 Å². The molecule has 4 nitrogen and oxygen atoms in total. The molecule has 0 spiro atoms. The largest absolute Gasteiger partial charge is 0.388 e. The minimum atomic E-state index is -0.934. The lowest BCUT2D eigenvalue weighted by Gasteiger charge is -2.10. The van der Waals surface area contributed by atoms with Crippen LogP contribution in [0.2, 0.25) is 0 Å². The van der Waals surface area contributed by atoms with Crippen molar-refractivity contribution in [2.24, 2.45) is 0 Å². The third-order valence-electron chi connectivity index (χ3n) is 3.58. The molecule has 5 heteroatoms. The molecule has 0 saturated carbocycles. The predicted octanol–water partition coefficient (Wildman–Crippen LogP) is 2.87. The summed E-state index contributed by atoms with van der Waals surface area (Å²) in [4.78, 5) is 3.70. The molecule has 2 heterocycles. The van der Waals surface area contributed by atoms with Gasteiger partial charge < -0.3 is 5.11 Å². The monoisotopic (exact) mass is 285 g/mol. The van der Waals surface area contributed by atoms with Crippen molar-refractivity contribution in [3.8, 4) is 0 Å². The van der Waals surface area contributed by atoms with Gasteiger partial charge in [-0.05, 0) is 19.1 Å². The zero-order chi connectivity index (χ0) is 14.8. The van der Waals surface area contributed by atoms with Crippen molar-refractivity contribution in [1.82, 2.24) is 14.8 Å². The molecule has 21 heavy (non-hydrogen) atoms. The quantitative estimate of drug-likeness (QED) is 0.802. The van der Waals surface area contributed by atoms with Gasteiger partial charge in [0.2, 0.25) is 0 Å². The van der Waals surface area contributed by atoms with E-state index in [0.29, 0.717) is 0 Å². The zero-order valence-corrected chi connectivity index (χ0v) is 11.7. The van der Waals surface area contributed by atoms with Gasteiger partial charge >= 0.3 is 0 Å². The normalized spacial score (nSPS) is 12.7. The van der Waals surface area contributed by atoms with Gasteiger partial charge in [0.25, 0.3) is 0 Å².